The van der Waals surface area contributed by atoms with Gasteiger partial charge in [0.25, 0.3) is 10.0 Å². The number of aromatic nitrogens is 1. The number of rotatable bonds is 4. The molecule has 1 atom stereocenters. The van der Waals surface area contributed by atoms with Crippen LogP contribution in [0.2, 0.25) is 4.47 Å². The molecule has 1 aromatic heterocycles. The molecule has 0 fully saturated rings. The number of hydrogen-bond acceptors (Lipinski definition) is 4. The highest BCUT2D eigenvalue weighted by molar-refractivity contribution is 7.91. The van der Waals surface area contributed by atoms with E-state index in [1.165, 1.54) is 24.3 Å². The Morgan fingerprint density at radius 1 is 1.35 bits per heavy atom. The fourth-order valence-electron chi connectivity index (χ4n) is 1.71. The molecule has 1 unspecified atom stereocenters. The van der Waals surface area contributed by atoms with Crippen LogP contribution in [0.3, 0.4) is 0 Å². The molecule has 0 spiro atoms. The van der Waals surface area contributed by atoms with Gasteiger partial charge in [-0.3, -0.25) is 0 Å². The molecule has 2 rings (SSSR count). The van der Waals surface area contributed by atoms with Crippen LogP contribution in [-0.4, -0.2) is 13.4 Å². The van der Waals surface area contributed by atoms with Crippen molar-refractivity contribution < 1.29 is 12.8 Å². The van der Waals surface area contributed by atoms with E-state index in [1.54, 1.807) is 13.8 Å². The van der Waals surface area contributed by atoms with E-state index in [2.05, 4.69) is 9.71 Å². The van der Waals surface area contributed by atoms with E-state index in [1.807, 2.05) is 0 Å². The predicted molar refractivity (Wildman–Crippen MR) is 77.0 cm³/mol. The maximum atomic E-state index is 12.8. The van der Waals surface area contributed by atoms with Gasteiger partial charge in [0.2, 0.25) is 0 Å². The Kier molecular flexibility index (Phi) is 4.43. The minimum Gasteiger partial charge on any atom is -0.229 e. The van der Waals surface area contributed by atoms with Gasteiger partial charge in [0, 0.05) is 6.04 Å². The van der Waals surface area contributed by atoms with Crippen LogP contribution in [0.5, 0.6) is 0 Å². The van der Waals surface area contributed by atoms with Gasteiger partial charge in [-0.05, 0) is 31.5 Å². The van der Waals surface area contributed by atoms with Crippen LogP contribution in [0.4, 0.5) is 4.39 Å². The average Bonchev–Trinajstić information content (AvgIpc) is 2.69. The monoisotopic (exact) mass is 334 g/mol. The zero-order chi connectivity index (χ0) is 14.9. The number of nitrogens with zero attached hydrogens (tertiary/aromatic N) is 1. The maximum absolute atomic E-state index is 12.8. The molecule has 0 radical (unpaired) electrons. The van der Waals surface area contributed by atoms with Crippen molar-refractivity contribution in [3.63, 3.8) is 0 Å². The first-order chi connectivity index (χ1) is 9.29. The number of hydrogen-bond donors (Lipinski definition) is 1. The molecule has 4 nitrogen and oxygen atoms in total. The molecule has 0 aliphatic carbocycles. The summed E-state index contributed by atoms with van der Waals surface area (Å²) in [7, 11) is -3.70. The first kappa shape index (κ1) is 15.4. The second-order valence-corrected chi connectivity index (χ2v) is 7.72. The van der Waals surface area contributed by atoms with Crippen molar-refractivity contribution in [1.29, 1.82) is 0 Å². The third-order valence-electron chi connectivity index (χ3n) is 2.67. The fraction of sp³-hybridized carbons (Fsp3) is 0.250. The van der Waals surface area contributed by atoms with Crippen molar-refractivity contribution in [2.45, 2.75) is 24.1 Å². The van der Waals surface area contributed by atoms with E-state index in [0.717, 1.165) is 11.3 Å². The fourth-order valence-corrected chi connectivity index (χ4v) is 4.69. The Labute approximate surface area is 125 Å². The van der Waals surface area contributed by atoms with Crippen molar-refractivity contribution in [1.82, 2.24) is 9.71 Å². The Morgan fingerprint density at radius 2 is 1.95 bits per heavy atom. The Bertz CT molecular complexity index is 714. The van der Waals surface area contributed by atoms with Crippen LogP contribution in [0.25, 0.3) is 0 Å². The number of aryl methyl sites for hydroxylation is 1. The van der Waals surface area contributed by atoms with Gasteiger partial charge in [-0.2, -0.15) is 0 Å². The van der Waals surface area contributed by atoms with Crippen LogP contribution in [0.15, 0.2) is 28.5 Å². The largest absolute Gasteiger partial charge is 0.252 e. The van der Waals surface area contributed by atoms with Crippen LogP contribution in [0, 0.1) is 12.7 Å². The molecule has 20 heavy (non-hydrogen) atoms. The molecule has 0 saturated heterocycles. The molecule has 0 amide bonds. The second kappa shape index (κ2) is 5.77. The molecule has 0 aliphatic heterocycles. The van der Waals surface area contributed by atoms with E-state index >= 15 is 0 Å². The highest BCUT2D eigenvalue weighted by Gasteiger charge is 2.23. The first-order valence-electron chi connectivity index (χ1n) is 5.70. The second-order valence-electron chi connectivity index (χ2n) is 4.23. The molecule has 1 heterocycles. The molecule has 1 N–H and O–H groups in total. The summed E-state index contributed by atoms with van der Waals surface area (Å²) in [6, 6.07) is 5.16. The molecule has 8 heteroatoms. The Balaban J connectivity index is 2.24. The summed E-state index contributed by atoms with van der Waals surface area (Å²) >= 11 is 6.62. The lowest BCUT2D eigenvalue weighted by Gasteiger charge is -2.14. The van der Waals surface area contributed by atoms with E-state index in [0.29, 0.717) is 11.3 Å². The van der Waals surface area contributed by atoms with Gasteiger partial charge in [0.05, 0.1) is 5.69 Å². The van der Waals surface area contributed by atoms with Crippen molar-refractivity contribution in [2.24, 2.45) is 0 Å². The zero-order valence-corrected chi connectivity index (χ0v) is 13.1. The Morgan fingerprint density at radius 3 is 2.45 bits per heavy atom. The van der Waals surface area contributed by atoms with Gasteiger partial charge in [-0.25, -0.2) is 22.5 Å². The number of nitrogens with one attached hydrogen (secondary N) is 1. The maximum Gasteiger partial charge on any atom is 0.252 e. The SMILES string of the molecule is Cc1nc(Cl)sc1S(=O)(=O)NC(C)c1ccc(F)cc1. The molecule has 108 valence electrons. The topological polar surface area (TPSA) is 59.1 Å². The minimum absolute atomic E-state index is 0.0939. The van der Waals surface area contributed by atoms with Crippen LogP contribution >= 0.6 is 22.9 Å². The summed E-state index contributed by atoms with van der Waals surface area (Å²) < 4.78 is 40.1. The highest BCUT2D eigenvalue weighted by atomic mass is 35.5. The lowest BCUT2D eigenvalue weighted by atomic mass is 10.1. The molecule has 0 aliphatic rings. The normalized spacial score (nSPS) is 13.4. The van der Waals surface area contributed by atoms with Gasteiger partial charge in [-0.15, -0.1) is 0 Å². The molecule has 1 aromatic carbocycles. The molecule has 0 bridgehead atoms. The van der Waals surface area contributed by atoms with Gasteiger partial charge >= 0.3 is 0 Å². The van der Waals surface area contributed by atoms with Gasteiger partial charge in [-0.1, -0.05) is 35.1 Å². The van der Waals surface area contributed by atoms with Crippen molar-refractivity contribution in [3.8, 4) is 0 Å². The smallest absolute Gasteiger partial charge is 0.229 e. The van der Waals surface area contributed by atoms with E-state index in [4.69, 9.17) is 11.6 Å². The zero-order valence-electron chi connectivity index (χ0n) is 10.7. The summed E-state index contributed by atoms with van der Waals surface area (Å²) in [6.45, 7) is 3.27. The summed E-state index contributed by atoms with van der Waals surface area (Å²) in [6.07, 6.45) is 0. The van der Waals surface area contributed by atoms with E-state index in [-0.39, 0.29) is 14.5 Å². The lowest BCUT2D eigenvalue weighted by Crippen LogP contribution is -2.26. The quantitative estimate of drug-likeness (QED) is 0.933. The summed E-state index contributed by atoms with van der Waals surface area (Å²) in [5.74, 6) is -0.367. The highest BCUT2D eigenvalue weighted by Crippen LogP contribution is 2.28. The van der Waals surface area contributed by atoms with Gasteiger partial charge in [0.1, 0.15) is 5.82 Å². The summed E-state index contributed by atoms with van der Waals surface area (Å²) in [5, 5.41) is 0. The minimum atomic E-state index is -3.70. The number of thiazole rings is 1. The first-order valence-corrected chi connectivity index (χ1v) is 8.38. The van der Waals surface area contributed by atoms with Gasteiger partial charge in [0.15, 0.2) is 8.68 Å². The summed E-state index contributed by atoms with van der Waals surface area (Å²) in [5.41, 5.74) is 1.03. The van der Waals surface area contributed by atoms with E-state index < -0.39 is 16.1 Å². The van der Waals surface area contributed by atoms with Crippen LogP contribution < -0.4 is 4.72 Å². The van der Waals surface area contributed by atoms with Gasteiger partial charge < -0.3 is 0 Å². The molecule has 2 aromatic rings. The van der Waals surface area contributed by atoms with E-state index in [9.17, 15) is 12.8 Å². The third-order valence-corrected chi connectivity index (χ3v) is 6.09. The molecular weight excluding hydrogens is 323 g/mol. The number of benzene rings is 1. The number of halogens is 2. The predicted octanol–water partition coefficient (Wildman–Crippen LogP) is 3.28. The van der Waals surface area contributed by atoms with Crippen LogP contribution in [-0.2, 0) is 10.0 Å². The lowest BCUT2D eigenvalue weighted by molar-refractivity contribution is 0.567. The Hall–Kier alpha value is -1.02. The van der Waals surface area contributed by atoms with Crippen molar-refractivity contribution in [2.75, 3.05) is 0 Å². The average molecular weight is 335 g/mol. The van der Waals surface area contributed by atoms with Crippen molar-refractivity contribution >= 4 is 33.0 Å². The molecular formula is C12H12ClFN2O2S2. The van der Waals surface area contributed by atoms with Crippen LogP contribution in [0.1, 0.15) is 24.2 Å². The number of sulfonamides is 1. The van der Waals surface area contributed by atoms with Crippen molar-refractivity contribution in [3.05, 3.63) is 45.8 Å². The molecule has 0 saturated carbocycles. The third kappa shape index (κ3) is 3.35. The summed E-state index contributed by atoms with van der Waals surface area (Å²) in [4.78, 5) is 3.88. The standard InChI is InChI=1S/C12H12ClFN2O2S2/c1-7(9-3-5-10(14)6-4-9)16-20(17,18)11-8(2)15-12(13)19-11/h3-7,16H,1-2H3.